The lowest BCUT2D eigenvalue weighted by molar-refractivity contribution is 0.669. The Labute approximate surface area is 264 Å². The molecule has 46 heavy (non-hydrogen) atoms. The molecule has 3 heterocycles. The van der Waals surface area contributed by atoms with Crippen molar-refractivity contribution in [3.05, 3.63) is 152 Å². The first-order valence-corrected chi connectivity index (χ1v) is 15.5. The Bertz CT molecular complexity index is 2800. The van der Waals surface area contributed by atoms with Crippen molar-refractivity contribution in [2.75, 3.05) is 0 Å². The van der Waals surface area contributed by atoms with Crippen molar-refractivity contribution >= 4 is 65.6 Å². The number of furan rings is 2. The van der Waals surface area contributed by atoms with Gasteiger partial charge < -0.3 is 8.83 Å². The van der Waals surface area contributed by atoms with Crippen LogP contribution in [0.5, 0.6) is 0 Å². The molecule has 0 saturated heterocycles. The summed E-state index contributed by atoms with van der Waals surface area (Å²) in [4.78, 5) is 5.32. The number of fused-ring (bicyclic) bond motifs is 9. The Kier molecular flexibility index (Phi) is 5.28. The molecule has 10 rings (SSSR count). The van der Waals surface area contributed by atoms with E-state index in [1.54, 1.807) is 0 Å². The van der Waals surface area contributed by atoms with Crippen molar-refractivity contribution in [1.29, 1.82) is 0 Å². The molecule has 0 aliphatic heterocycles. The van der Waals surface area contributed by atoms with Crippen molar-refractivity contribution < 1.29 is 8.83 Å². The lowest BCUT2D eigenvalue weighted by Crippen LogP contribution is -1.93. The maximum atomic E-state index is 6.55. The third-order valence-electron chi connectivity index (χ3n) is 9.24. The van der Waals surface area contributed by atoms with Crippen molar-refractivity contribution in [2.45, 2.75) is 0 Å². The summed E-state index contributed by atoms with van der Waals surface area (Å²) in [5.41, 5.74) is 11.0. The van der Waals surface area contributed by atoms with Gasteiger partial charge in [0.2, 0.25) is 0 Å². The van der Waals surface area contributed by atoms with Crippen LogP contribution < -0.4 is 0 Å². The second-order valence-corrected chi connectivity index (χ2v) is 11.9. The normalized spacial score (nSPS) is 11.9. The van der Waals surface area contributed by atoms with Gasteiger partial charge in [-0.2, -0.15) is 0 Å². The van der Waals surface area contributed by atoms with Gasteiger partial charge in [-0.05, 0) is 59.2 Å². The molecule has 0 N–H and O–H groups in total. The van der Waals surface area contributed by atoms with E-state index in [1.165, 1.54) is 10.9 Å². The van der Waals surface area contributed by atoms with E-state index in [-0.39, 0.29) is 0 Å². The Morgan fingerprint density at radius 3 is 1.85 bits per heavy atom. The SMILES string of the molecule is c1ccc(-c2c3c(cc4c(-c5cccc(-c6ccc7c(c6)oc6ccccc67)c5)nc5ccccc5c24)oc2ccccc23)cc1. The van der Waals surface area contributed by atoms with Crippen LogP contribution >= 0.6 is 0 Å². The highest BCUT2D eigenvalue weighted by atomic mass is 16.3. The van der Waals surface area contributed by atoms with Crippen LogP contribution in [0.3, 0.4) is 0 Å². The average molecular weight is 588 g/mol. The van der Waals surface area contributed by atoms with E-state index in [9.17, 15) is 0 Å². The summed E-state index contributed by atoms with van der Waals surface area (Å²) in [5.74, 6) is 0. The van der Waals surface area contributed by atoms with Gasteiger partial charge in [-0.25, -0.2) is 4.98 Å². The van der Waals surface area contributed by atoms with Crippen LogP contribution in [0.15, 0.2) is 160 Å². The minimum atomic E-state index is 0.859. The summed E-state index contributed by atoms with van der Waals surface area (Å²) < 4.78 is 12.8. The van der Waals surface area contributed by atoms with Gasteiger partial charge in [0, 0.05) is 48.8 Å². The Morgan fingerprint density at radius 2 is 0.978 bits per heavy atom. The van der Waals surface area contributed by atoms with E-state index in [4.69, 9.17) is 13.8 Å². The van der Waals surface area contributed by atoms with Crippen LogP contribution in [-0.2, 0) is 0 Å². The van der Waals surface area contributed by atoms with Crippen LogP contribution in [0.2, 0.25) is 0 Å². The molecule has 0 fully saturated rings. The molecular weight excluding hydrogens is 562 g/mol. The fourth-order valence-corrected chi connectivity index (χ4v) is 7.18. The molecule has 3 heteroatoms. The molecule has 3 nitrogen and oxygen atoms in total. The first-order chi connectivity index (χ1) is 22.8. The molecule has 10 aromatic rings. The van der Waals surface area contributed by atoms with Gasteiger partial charge in [-0.1, -0.05) is 109 Å². The Morgan fingerprint density at radius 1 is 0.348 bits per heavy atom. The summed E-state index contributed by atoms with van der Waals surface area (Å²) in [6, 6.07) is 53.0. The number of rotatable bonds is 3. The largest absolute Gasteiger partial charge is 0.456 e. The monoisotopic (exact) mass is 587 g/mol. The number of hydrogen-bond acceptors (Lipinski definition) is 3. The minimum Gasteiger partial charge on any atom is -0.456 e. The molecule has 0 bridgehead atoms. The predicted octanol–water partition coefficient (Wildman–Crippen LogP) is 12.2. The topological polar surface area (TPSA) is 39.2 Å². The summed E-state index contributed by atoms with van der Waals surface area (Å²) in [5, 5.41) is 7.87. The number of benzene rings is 7. The maximum absolute atomic E-state index is 6.55. The van der Waals surface area contributed by atoms with Gasteiger partial charge in [0.05, 0.1) is 11.2 Å². The first-order valence-electron chi connectivity index (χ1n) is 15.5. The lowest BCUT2D eigenvalue weighted by Gasteiger charge is -2.16. The third kappa shape index (κ3) is 3.69. The molecule has 214 valence electrons. The van der Waals surface area contributed by atoms with Crippen molar-refractivity contribution in [3.63, 3.8) is 0 Å². The lowest BCUT2D eigenvalue weighted by atomic mass is 9.89. The van der Waals surface area contributed by atoms with Crippen LogP contribution in [-0.4, -0.2) is 4.98 Å². The summed E-state index contributed by atoms with van der Waals surface area (Å²) in [6.07, 6.45) is 0. The number of hydrogen-bond donors (Lipinski definition) is 0. The van der Waals surface area contributed by atoms with Gasteiger partial charge in [0.15, 0.2) is 0 Å². The molecule has 0 spiro atoms. The van der Waals surface area contributed by atoms with E-state index in [2.05, 4.69) is 127 Å². The molecule has 0 amide bonds. The number of nitrogens with zero attached hydrogens (tertiary/aromatic N) is 1. The van der Waals surface area contributed by atoms with Gasteiger partial charge in [0.1, 0.15) is 22.3 Å². The highest BCUT2D eigenvalue weighted by molar-refractivity contribution is 6.27. The Balaban J connectivity index is 1.28. The predicted molar refractivity (Wildman–Crippen MR) is 190 cm³/mol. The molecule has 0 radical (unpaired) electrons. The number of aromatic nitrogens is 1. The molecule has 0 saturated carbocycles. The molecular formula is C43H25NO2. The molecule has 7 aromatic carbocycles. The van der Waals surface area contributed by atoms with Gasteiger partial charge >= 0.3 is 0 Å². The third-order valence-corrected chi connectivity index (χ3v) is 9.24. The maximum Gasteiger partial charge on any atom is 0.136 e. The zero-order valence-electron chi connectivity index (χ0n) is 24.7. The van der Waals surface area contributed by atoms with Crippen LogP contribution in [0, 0.1) is 0 Å². The highest BCUT2D eigenvalue weighted by Crippen LogP contribution is 2.46. The first kappa shape index (κ1) is 25.2. The number of para-hydroxylation sites is 3. The van der Waals surface area contributed by atoms with Crippen molar-refractivity contribution in [1.82, 2.24) is 4.98 Å². The smallest absolute Gasteiger partial charge is 0.136 e. The molecule has 0 aliphatic rings. The van der Waals surface area contributed by atoms with Crippen molar-refractivity contribution in [3.8, 4) is 33.5 Å². The van der Waals surface area contributed by atoms with E-state index >= 15 is 0 Å². The molecule has 0 unspecified atom stereocenters. The summed E-state index contributed by atoms with van der Waals surface area (Å²) >= 11 is 0. The fourth-order valence-electron chi connectivity index (χ4n) is 7.18. The van der Waals surface area contributed by atoms with E-state index in [0.29, 0.717) is 0 Å². The van der Waals surface area contributed by atoms with Crippen LogP contribution in [0.4, 0.5) is 0 Å². The van der Waals surface area contributed by atoms with Crippen molar-refractivity contribution in [2.24, 2.45) is 0 Å². The summed E-state index contributed by atoms with van der Waals surface area (Å²) in [7, 11) is 0. The zero-order valence-corrected chi connectivity index (χ0v) is 24.7. The van der Waals surface area contributed by atoms with Gasteiger partial charge in [0.25, 0.3) is 0 Å². The fraction of sp³-hybridized carbons (Fsp3) is 0. The van der Waals surface area contributed by atoms with E-state index in [1.807, 2.05) is 24.3 Å². The minimum absolute atomic E-state index is 0.859. The summed E-state index contributed by atoms with van der Waals surface area (Å²) in [6.45, 7) is 0. The van der Waals surface area contributed by atoms with E-state index < -0.39 is 0 Å². The standard InChI is InChI=1S/C43H25NO2/c1-2-11-26(12-3-1)40-41-32-16-4-7-18-35(32)44-43(34(41)25-39-42(40)33-17-6-9-20-37(33)46-39)29-14-10-13-27(23-29)28-21-22-31-30-15-5-8-19-36(30)45-38(31)24-28/h1-25H. The molecule has 3 aromatic heterocycles. The van der Waals surface area contributed by atoms with Gasteiger partial charge in [-0.15, -0.1) is 0 Å². The molecule has 0 aliphatic carbocycles. The second-order valence-electron chi connectivity index (χ2n) is 11.9. The van der Waals surface area contributed by atoms with E-state index in [0.717, 1.165) is 88.1 Å². The zero-order chi connectivity index (χ0) is 30.2. The Hall–Kier alpha value is -6.19. The van der Waals surface area contributed by atoms with Gasteiger partial charge in [-0.3, -0.25) is 0 Å². The quantitative estimate of drug-likeness (QED) is 0.193. The second kappa shape index (κ2) is 9.65. The molecule has 0 atom stereocenters. The van der Waals surface area contributed by atoms with Crippen LogP contribution in [0.25, 0.3) is 99.1 Å². The van der Waals surface area contributed by atoms with Crippen LogP contribution in [0.1, 0.15) is 0 Å². The average Bonchev–Trinajstić information content (AvgIpc) is 3.68. The number of pyridine rings is 1. The highest BCUT2D eigenvalue weighted by Gasteiger charge is 2.21.